The van der Waals surface area contributed by atoms with E-state index in [0.29, 0.717) is 19.1 Å². The van der Waals surface area contributed by atoms with Crippen LogP contribution in [0.15, 0.2) is 17.1 Å². The van der Waals surface area contributed by atoms with Crippen LogP contribution in [0.2, 0.25) is 0 Å². The van der Waals surface area contributed by atoms with Crippen LogP contribution >= 0.6 is 0 Å². The second kappa shape index (κ2) is 9.73. The highest BCUT2D eigenvalue weighted by Crippen LogP contribution is 2.36. The minimum absolute atomic E-state index is 0.0632. The average Bonchev–Trinajstić information content (AvgIpc) is 3.43. The smallest absolute Gasteiger partial charge is 0.341 e. The number of halogens is 1. The van der Waals surface area contributed by atoms with E-state index in [0.717, 1.165) is 18.2 Å². The molecule has 0 spiro atoms. The number of H-pyrrole nitrogens is 1. The quantitative estimate of drug-likeness (QED) is 0.652. The Morgan fingerprint density at radius 2 is 2.07 bits per heavy atom. The lowest BCUT2D eigenvalue weighted by Gasteiger charge is -2.24. The molecule has 1 aromatic heterocycles. The van der Waals surface area contributed by atoms with Crippen molar-refractivity contribution in [3.05, 3.63) is 33.9 Å². The maximum absolute atomic E-state index is 14.7. The summed E-state index contributed by atoms with van der Waals surface area (Å²) in [6.45, 7) is 7.47. The highest BCUT2D eigenvalue weighted by molar-refractivity contribution is 5.96. The van der Waals surface area contributed by atoms with Crippen molar-refractivity contribution in [1.29, 1.82) is 0 Å². The first-order valence-electron chi connectivity index (χ1n) is 9.77. The Morgan fingerprint density at radius 1 is 1.45 bits per heavy atom. The summed E-state index contributed by atoms with van der Waals surface area (Å²) in [5, 5.41) is 12.2. The SMILES string of the molecule is CC1CC1.COc1c(N(C)CCNC(C)C)c(F)cc2c(=O)c(C(=O)O)c[nH]c12. The summed E-state index contributed by atoms with van der Waals surface area (Å²) in [7, 11) is 3.10. The summed E-state index contributed by atoms with van der Waals surface area (Å²) < 4.78 is 20.0. The molecule has 0 unspecified atom stereocenters. The third-order valence-corrected chi connectivity index (χ3v) is 4.74. The molecular formula is C21H30FN3O4. The number of hydrogen-bond acceptors (Lipinski definition) is 5. The normalized spacial score (nSPS) is 13.2. The van der Waals surface area contributed by atoms with Crippen molar-refractivity contribution >= 4 is 22.6 Å². The molecule has 0 bridgehead atoms. The third kappa shape index (κ3) is 5.69. The van der Waals surface area contributed by atoms with Crippen molar-refractivity contribution in [3.63, 3.8) is 0 Å². The van der Waals surface area contributed by atoms with Gasteiger partial charge in [0.05, 0.1) is 18.0 Å². The van der Waals surface area contributed by atoms with Crippen molar-refractivity contribution in [2.45, 2.75) is 39.7 Å². The molecule has 0 saturated heterocycles. The largest absolute Gasteiger partial charge is 0.492 e. The fourth-order valence-corrected chi connectivity index (χ4v) is 2.81. The summed E-state index contributed by atoms with van der Waals surface area (Å²) >= 11 is 0. The molecule has 160 valence electrons. The van der Waals surface area contributed by atoms with Crippen LogP contribution in [0.1, 0.15) is 44.0 Å². The van der Waals surface area contributed by atoms with Gasteiger partial charge in [0.1, 0.15) is 11.3 Å². The van der Waals surface area contributed by atoms with E-state index < -0.39 is 22.8 Å². The topological polar surface area (TPSA) is 94.7 Å². The van der Waals surface area contributed by atoms with Gasteiger partial charge in [0, 0.05) is 32.4 Å². The maximum atomic E-state index is 14.7. The number of carboxylic acid groups (broad SMARTS) is 1. The highest BCUT2D eigenvalue weighted by atomic mass is 19.1. The Kier molecular flexibility index (Phi) is 7.61. The first-order chi connectivity index (χ1) is 13.7. The third-order valence-electron chi connectivity index (χ3n) is 4.74. The number of aromatic nitrogens is 1. The fraction of sp³-hybridized carbons (Fsp3) is 0.524. The molecule has 1 heterocycles. The first-order valence-corrected chi connectivity index (χ1v) is 9.77. The van der Waals surface area contributed by atoms with Gasteiger partial charge in [-0.1, -0.05) is 33.6 Å². The predicted molar refractivity (Wildman–Crippen MR) is 113 cm³/mol. The number of anilines is 1. The molecule has 0 atom stereocenters. The number of carboxylic acids is 1. The van der Waals surface area contributed by atoms with Crippen LogP contribution in [-0.2, 0) is 0 Å². The molecule has 7 nitrogen and oxygen atoms in total. The molecule has 0 radical (unpaired) electrons. The van der Waals surface area contributed by atoms with Gasteiger partial charge in [0.15, 0.2) is 11.6 Å². The maximum Gasteiger partial charge on any atom is 0.341 e. The molecule has 1 saturated carbocycles. The van der Waals surface area contributed by atoms with Gasteiger partial charge in [0.25, 0.3) is 0 Å². The number of aromatic amines is 1. The van der Waals surface area contributed by atoms with E-state index >= 15 is 0 Å². The minimum atomic E-state index is -1.37. The minimum Gasteiger partial charge on any atom is -0.492 e. The molecule has 8 heteroatoms. The summed E-state index contributed by atoms with van der Waals surface area (Å²) in [5.41, 5.74) is -0.734. The van der Waals surface area contributed by atoms with Crippen molar-refractivity contribution in [2.24, 2.45) is 5.92 Å². The zero-order valence-electron chi connectivity index (χ0n) is 17.6. The summed E-state index contributed by atoms with van der Waals surface area (Å²) in [5.74, 6) is -0.774. The number of nitrogens with zero attached hydrogens (tertiary/aromatic N) is 1. The van der Waals surface area contributed by atoms with E-state index in [1.165, 1.54) is 20.0 Å². The number of ether oxygens (including phenoxy) is 1. The Hall–Kier alpha value is -2.61. The van der Waals surface area contributed by atoms with Crippen molar-refractivity contribution in [2.75, 3.05) is 32.1 Å². The molecule has 3 N–H and O–H groups in total. The van der Waals surface area contributed by atoms with Gasteiger partial charge in [0.2, 0.25) is 5.43 Å². The van der Waals surface area contributed by atoms with Crippen LogP contribution in [0.5, 0.6) is 5.75 Å². The summed E-state index contributed by atoms with van der Waals surface area (Å²) in [4.78, 5) is 27.8. The Balaban J connectivity index is 0.000000666. The number of benzene rings is 1. The van der Waals surface area contributed by atoms with E-state index in [4.69, 9.17) is 9.84 Å². The molecule has 3 rings (SSSR count). The number of hydrogen-bond donors (Lipinski definition) is 3. The number of rotatable bonds is 7. The lowest BCUT2D eigenvalue weighted by Crippen LogP contribution is -2.33. The van der Waals surface area contributed by atoms with Crippen LogP contribution in [0.25, 0.3) is 10.9 Å². The van der Waals surface area contributed by atoms with Gasteiger partial charge in [-0.05, 0) is 12.0 Å². The van der Waals surface area contributed by atoms with E-state index in [-0.39, 0.29) is 22.3 Å². The molecule has 29 heavy (non-hydrogen) atoms. The second-order valence-corrected chi connectivity index (χ2v) is 7.71. The molecular weight excluding hydrogens is 377 g/mol. The standard InChI is InChI=1S/C17H22FN3O4.C4H8/c1-9(2)19-5-6-21(3)14-12(18)7-10-13(16(14)25-4)20-8-11(15(10)22)17(23)24;1-4-2-3-4/h7-9,19H,5-6H2,1-4H3,(H,20,22)(H,23,24);4H,2-3H2,1H3. The average molecular weight is 407 g/mol. The van der Waals surface area contributed by atoms with Crippen LogP contribution in [-0.4, -0.2) is 49.3 Å². The summed E-state index contributed by atoms with van der Waals surface area (Å²) in [6.07, 6.45) is 4.07. The monoisotopic (exact) mass is 407 g/mol. The fourth-order valence-electron chi connectivity index (χ4n) is 2.81. The Bertz CT molecular complexity index is 922. The van der Waals surface area contributed by atoms with Gasteiger partial charge < -0.3 is 25.0 Å². The lowest BCUT2D eigenvalue weighted by molar-refractivity contribution is 0.0695. The predicted octanol–water partition coefficient (Wildman–Crippen LogP) is 3.22. The zero-order valence-corrected chi connectivity index (χ0v) is 17.6. The van der Waals surface area contributed by atoms with Crippen LogP contribution in [0, 0.1) is 11.7 Å². The number of pyridine rings is 1. The van der Waals surface area contributed by atoms with Gasteiger partial charge in [-0.3, -0.25) is 4.79 Å². The number of likely N-dealkylation sites (N-methyl/N-ethyl adjacent to an activating group) is 1. The van der Waals surface area contributed by atoms with Crippen molar-refractivity contribution < 1.29 is 19.0 Å². The molecule has 0 aliphatic heterocycles. The summed E-state index contributed by atoms with van der Waals surface area (Å²) in [6, 6.07) is 1.35. The highest BCUT2D eigenvalue weighted by Gasteiger charge is 2.22. The molecule has 1 aliphatic rings. The number of carbonyl (C=O) groups is 1. The van der Waals surface area contributed by atoms with Gasteiger partial charge in [-0.15, -0.1) is 0 Å². The first kappa shape index (κ1) is 22.7. The lowest BCUT2D eigenvalue weighted by atomic mass is 10.1. The van der Waals surface area contributed by atoms with Crippen LogP contribution in [0.4, 0.5) is 10.1 Å². The molecule has 1 aliphatic carbocycles. The van der Waals surface area contributed by atoms with Gasteiger partial charge in [-0.2, -0.15) is 0 Å². The van der Waals surface area contributed by atoms with E-state index in [9.17, 15) is 14.0 Å². The molecule has 0 amide bonds. The number of methoxy groups -OCH3 is 1. The Labute approximate surface area is 169 Å². The van der Waals surface area contributed by atoms with Gasteiger partial charge >= 0.3 is 5.97 Å². The van der Waals surface area contributed by atoms with Crippen molar-refractivity contribution in [3.8, 4) is 5.75 Å². The van der Waals surface area contributed by atoms with E-state index in [2.05, 4.69) is 17.2 Å². The molecule has 1 aromatic carbocycles. The van der Waals surface area contributed by atoms with E-state index in [1.807, 2.05) is 13.8 Å². The molecule has 2 aromatic rings. The van der Waals surface area contributed by atoms with Gasteiger partial charge in [-0.25, -0.2) is 9.18 Å². The zero-order chi connectivity index (χ0) is 21.7. The van der Waals surface area contributed by atoms with Crippen LogP contribution in [0.3, 0.4) is 0 Å². The number of aromatic carboxylic acids is 1. The molecule has 1 fully saturated rings. The number of fused-ring (bicyclic) bond motifs is 1. The second-order valence-electron chi connectivity index (χ2n) is 7.71. The van der Waals surface area contributed by atoms with Crippen molar-refractivity contribution in [1.82, 2.24) is 10.3 Å². The van der Waals surface area contributed by atoms with E-state index in [1.54, 1.807) is 11.9 Å². The number of nitrogens with one attached hydrogen (secondary N) is 2. The Morgan fingerprint density at radius 3 is 2.55 bits per heavy atom. The van der Waals surface area contributed by atoms with Crippen LogP contribution < -0.4 is 20.4 Å².